The first-order valence-electron chi connectivity index (χ1n) is 10.8. The minimum Gasteiger partial charge on any atom is -0.331 e. The molecule has 0 spiro atoms. The SMILES string of the molecule is CC[C@@H](NC(=O)NC1N=C(c2ccccc2F)c2ccccc2N(C)C1=O)c1ccccc1. The molecule has 0 saturated heterocycles. The molecule has 3 aromatic rings. The highest BCUT2D eigenvalue weighted by molar-refractivity contribution is 6.20. The molecule has 3 amide bonds. The molecule has 0 radical (unpaired) electrons. The molecule has 4 rings (SSSR count). The fourth-order valence-corrected chi connectivity index (χ4v) is 3.91. The number of carbonyl (C=O) groups is 2. The Morgan fingerprint density at radius 1 is 1.00 bits per heavy atom. The van der Waals surface area contributed by atoms with Crippen LogP contribution in [0.3, 0.4) is 0 Å². The lowest BCUT2D eigenvalue weighted by atomic mass is 10.00. The molecule has 2 atom stereocenters. The zero-order valence-electron chi connectivity index (χ0n) is 18.5. The number of benzodiazepines with no additional fused rings is 1. The molecule has 0 aliphatic carbocycles. The lowest BCUT2D eigenvalue weighted by Gasteiger charge is -2.22. The number of para-hydroxylation sites is 1. The molecule has 168 valence electrons. The van der Waals surface area contributed by atoms with Crippen LogP contribution in [-0.4, -0.2) is 30.9 Å². The van der Waals surface area contributed by atoms with Crippen molar-refractivity contribution >= 4 is 23.3 Å². The van der Waals surface area contributed by atoms with Gasteiger partial charge in [-0.15, -0.1) is 0 Å². The van der Waals surface area contributed by atoms with Gasteiger partial charge in [0.1, 0.15) is 5.82 Å². The average molecular weight is 445 g/mol. The predicted molar refractivity (Wildman–Crippen MR) is 127 cm³/mol. The van der Waals surface area contributed by atoms with Crippen molar-refractivity contribution in [3.63, 3.8) is 0 Å². The lowest BCUT2D eigenvalue weighted by Crippen LogP contribution is -2.50. The summed E-state index contributed by atoms with van der Waals surface area (Å²) >= 11 is 0. The number of nitrogens with one attached hydrogen (secondary N) is 2. The van der Waals surface area contributed by atoms with Gasteiger partial charge < -0.3 is 15.5 Å². The van der Waals surface area contributed by atoms with Crippen LogP contribution in [0, 0.1) is 5.82 Å². The number of aliphatic imine (C=N–C) groups is 1. The number of amides is 3. The van der Waals surface area contributed by atoms with Crippen molar-refractivity contribution in [3.8, 4) is 0 Å². The number of anilines is 1. The number of hydrogen-bond acceptors (Lipinski definition) is 3. The van der Waals surface area contributed by atoms with Gasteiger partial charge in [-0.25, -0.2) is 14.2 Å². The Labute approximate surface area is 192 Å². The van der Waals surface area contributed by atoms with E-state index in [2.05, 4.69) is 15.6 Å². The standard InChI is InChI=1S/C26H25FN4O2/c1-3-21(17-11-5-4-6-12-17)28-26(33)30-24-25(32)31(2)22-16-10-8-14-19(22)23(29-24)18-13-7-9-15-20(18)27/h4-16,21,24H,3H2,1-2H3,(H2,28,30,33)/t21-,24?/m1/s1. The van der Waals surface area contributed by atoms with Crippen molar-refractivity contribution in [2.75, 3.05) is 11.9 Å². The summed E-state index contributed by atoms with van der Waals surface area (Å²) in [6, 6.07) is 22.3. The molecule has 1 unspecified atom stereocenters. The number of fused-ring (bicyclic) bond motifs is 1. The van der Waals surface area contributed by atoms with Gasteiger partial charge in [-0.2, -0.15) is 0 Å². The summed E-state index contributed by atoms with van der Waals surface area (Å²) in [5.41, 5.74) is 2.73. The lowest BCUT2D eigenvalue weighted by molar-refractivity contribution is -0.119. The Kier molecular flexibility index (Phi) is 6.49. The van der Waals surface area contributed by atoms with Crippen LogP contribution in [0.4, 0.5) is 14.9 Å². The van der Waals surface area contributed by atoms with E-state index in [4.69, 9.17) is 0 Å². The van der Waals surface area contributed by atoms with Crippen LogP contribution in [0.1, 0.15) is 36.1 Å². The molecule has 0 saturated carbocycles. The Bertz CT molecular complexity index is 1200. The molecular weight excluding hydrogens is 419 g/mol. The quantitative estimate of drug-likeness (QED) is 0.612. The van der Waals surface area contributed by atoms with Crippen LogP contribution >= 0.6 is 0 Å². The van der Waals surface area contributed by atoms with Gasteiger partial charge in [0.15, 0.2) is 0 Å². The van der Waals surface area contributed by atoms with Crippen LogP contribution in [-0.2, 0) is 4.79 Å². The Morgan fingerprint density at radius 2 is 1.64 bits per heavy atom. The summed E-state index contributed by atoms with van der Waals surface area (Å²) in [4.78, 5) is 32.1. The third-order valence-electron chi connectivity index (χ3n) is 5.66. The minimum atomic E-state index is -1.22. The van der Waals surface area contributed by atoms with Crippen molar-refractivity contribution in [2.45, 2.75) is 25.6 Å². The highest BCUT2D eigenvalue weighted by atomic mass is 19.1. The molecule has 1 aliphatic heterocycles. The van der Waals surface area contributed by atoms with E-state index in [1.165, 1.54) is 11.0 Å². The number of halogens is 1. The Balaban J connectivity index is 1.68. The molecule has 3 aromatic carbocycles. The molecule has 0 fully saturated rings. The van der Waals surface area contributed by atoms with E-state index in [-0.39, 0.29) is 11.6 Å². The van der Waals surface area contributed by atoms with E-state index >= 15 is 0 Å². The molecule has 1 heterocycles. The van der Waals surface area contributed by atoms with E-state index in [1.54, 1.807) is 49.5 Å². The van der Waals surface area contributed by atoms with Gasteiger partial charge in [-0.05, 0) is 30.2 Å². The maximum atomic E-state index is 14.7. The maximum Gasteiger partial charge on any atom is 0.317 e. The molecule has 33 heavy (non-hydrogen) atoms. The third kappa shape index (κ3) is 4.62. The Morgan fingerprint density at radius 3 is 2.33 bits per heavy atom. The average Bonchev–Trinajstić information content (AvgIpc) is 2.94. The first kappa shape index (κ1) is 22.2. The van der Waals surface area contributed by atoms with Gasteiger partial charge in [0.25, 0.3) is 5.91 Å². The first-order valence-corrected chi connectivity index (χ1v) is 10.8. The van der Waals surface area contributed by atoms with Crippen LogP contribution in [0.2, 0.25) is 0 Å². The number of likely N-dealkylation sites (N-methyl/N-ethyl adjacent to an activating group) is 1. The smallest absolute Gasteiger partial charge is 0.317 e. The summed E-state index contributed by atoms with van der Waals surface area (Å²) < 4.78 is 14.7. The van der Waals surface area contributed by atoms with E-state index < -0.39 is 23.9 Å². The Hall–Kier alpha value is -4.00. The number of urea groups is 1. The zero-order valence-corrected chi connectivity index (χ0v) is 18.5. The largest absolute Gasteiger partial charge is 0.331 e. The number of rotatable bonds is 5. The van der Waals surface area contributed by atoms with E-state index in [1.807, 2.05) is 37.3 Å². The molecule has 0 bridgehead atoms. The first-order chi connectivity index (χ1) is 16.0. The zero-order chi connectivity index (χ0) is 23.4. The van der Waals surface area contributed by atoms with E-state index in [9.17, 15) is 14.0 Å². The molecule has 7 heteroatoms. The molecule has 1 aliphatic rings. The van der Waals surface area contributed by atoms with Crippen LogP contribution < -0.4 is 15.5 Å². The van der Waals surface area contributed by atoms with Crippen molar-refractivity contribution in [2.24, 2.45) is 4.99 Å². The van der Waals surface area contributed by atoms with Crippen molar-refractivity contribution in [1.29, 1.82) is 0 Å². The fourth-order valence-electron chi connectivity index (χ4n) is 3.91. The second-order valence-corrected chi connectivity index (χ2v) is 7.76. The molecule has 6 nitrogen and oxygen atoms in total. The second kappa shape index (κ2) is 9.65. The molecule has 0 aromatic heterocycles. The number of hydrogen-bond donors (Lipinski definition) is 2. The van der Waals surface area contributed by atoms with Gasteiger partial charge in [-0.1, -0.05) is 67.6 Å². The summed E-state index contributed by atoms with van der Waals surface area (Å²) in [5, 5.41) is 5.59. The van der Waals surface area contributed by atoms with Gasteiger partial charge >= 0.3 is 6.03 Å². The van der Waals surface area contributed by atoms with Crippen molar-refractivity contribution < 1.29 is 14.0 Å². The van der Waals surface area contributed by atoms with Crippen LogP contribution in [0.25, 0.3) is 0 Å². The molecular formula is C26H25FN4O2. The van der Waals surface area contributed by atoms with E-state index in [0.29, 0.717) is 23.4 Å². The highest BCUT2D eigenvalue weighted by Crippen LogP contribution is 2.28. The van der Waals surface area contributed by atoms with Crippen LogP contribution in [0.5, 0.6) is 0 Å². The summed E-state index contributed by atoms with van der Waals surface area (Å²) in [5.74, 6) is -0.877. The topological polar surface area (TPSA) is 73.8 Å². The highest BCUT2D eigenvalue weighted by Gasteiger charge is 2.32. The van der Waals surface area contributed by atoms with Gasteiger partial charge in [0.05, 0.1) is 17.4 Å². The summed E-state index contributed by atoms with van der Waals surface area (Å²) in [7, 11) is 1.62. The summed E-state index contributed by atoms with van der Waals surface area (Å²) in [6.07, 6.45) is -0.546. The number of nitrogens with zero attached hydrogens (tertiary/aromatic N) is 2. The summed E-state index contributed by atoms with van der Waals surface area (Å²) in [6.45, 7) is 1.97. The fraction of sp³-hybridized carbons (Fsp3) is 0.192. The predicted octanol–water partition coefficient (Wildman–Crippen LogP) is 4.42. The van der Waals surface area contributed by atoms with Crippen LogP contribution in [0.15, 0.2) is 83.9 Å². The second-order valence-electron chi connectivity index (χ2n) is 7.76. The van der Waals surface area contributed by atoms with E-state index in [0.717, 1.165) is 5.56 Å². The molecule has 2 N–H and O–H groups in total. The van der Waals surface area contributed by atoms with Crippen molar-refractivity contribution in [3.05, 3.63) is 101 Å². The third-order valence-corrected chi connectivity index (χ3v) is 5.66. The normalized spacial score (nSPS) is 16.3. The minimum absolute atomic E-state index is 0.225. The number of carbonyl (C=O) groups excluding carboxylic acids is 2. The van der Waals surface area contributed by atoms with Gasteiger partial charge in [0, 0.05) is 18.2 Å². The monoisotopic (exact) mass is 444 g/mol. The van der Waals surface area contributed by atoms with Crippen molar-refractivity contribution in [1.82, 2.24) is 10.6 Å². The number of benzene rings is 3. The van der Waals surface area contributed by atoms with Gasteiger partial charge in [-0.3, -0.25) is 4.79 Å². The maximum absolute atomic E-state index is 14.7. The van der Waals surface area contributed by atoms with Gasteiger partial charge in [0.2, 0.25) is 6.17 Å².